The number of hydrogen-bond donors (Lipinski definition) is 2. The minimum absolute atomic E-state index is 0.0413. The van der Waals surface area contributed by atoms with E-state index in [1.165, 1.54) is 19.1 Å². The fourth-order valence-corrected chi connectivity index (χ4v) is 2.04. The predicted octanol–water partition coefficient (Wildman–Crippen LogP) is 2.77. The number of carbonyl (C=O) groups is 2. The highest BCUT2D eigenvalue weighted by molar-refractivity contribution is 6.33. The summed E-state index contributed by atoms with van der Waals surface area (Å²) in [7, 11) is 0. The molecule has 3 N–H and O–H groups in total. The van der Waals surface area contributed by atoms with E-state index in [0.717, 1.165) is 12.8 Å². The molecule has 0 fully saturated rings. The fourth-order valence-electron chi connectivity index (χ4n) is 1.84. The maximum atomic E-state index is 12.0. The molecular formula is C15H21ClN2O3. The minimum Gasteiger partial charge on any atom is -0.449 e. The fraction of sp³-hybridized carbons (Fsp3) is 0.467. The summed E-state index contributed by atoms with van der Waals surface area (Å²) in [5.74, 6) is -0.998. The number of amides is 1. The molecule has 0 aliphatic heterocycles. The lowest BCUT2D eigenvalue weighted by Gasteiger charge is -2.17. The molecule has 116 valence electrons. The van der Waals surface area contributed by atoms with E-state index in [9.17, 15) is 9.59 Å². The van der Waals surface area contributed by atoms with Crippen LogP contribution in [0.1, 0.15) is 44.0 Å². The van der Waals surface area contributed by atoms with E-state index in [4.69, 9.17) is 22.1 Å². The molecule has 2 atom stereocenters. The Morgan fingerprint density at radius 2 is 2.05 bits per heavy atom. The van der Waals surface area contributed by atoms with Gasteiger partial charge in [-0.25, -0.2) is 4.79 Å². The molecule has 0 bridgehead atoms. The third kappa shape index (κ3) is 5.27. The minimum atomic E-state index is -0.894. The first kappa shape index (κ1) is 17.3. The largest absolute Gasteiger partial charge is 0.449 e. The quantitative estimate of drug-likeness (QED) is 0.625. The topological polar surface area (TPSA) is 81.4 Å². The molecule has 0 aromatic heterocycles. The third-order valence-corrected chi connectivity index (χ3v) is 3.30. The highest BCUT2D eigenvalue weighted by Crippen LogP contribution is 2.20. The molecule has 6 heteroatoms. The Balaban J connectivity index is 2.65. The van der Waals surface area contributed by atoms with E-state index >= 15 is 0 Å². The van der Waals surface area contributed by atoms with Crippen LogP contribution in [-0.2, 0) is 9.53 Å². The van der Waals surface area contributed by atoms with Crippen LogP contribution in [0.3, 0.4) is 0 Å². The zero-order chi connectivity index (χ0) is 16.0. The highest BCUT2D eigenvalue weighted by atomic mass is 35.5. The van der Waals surface area contributed by atoms with Crippen molar-refractivity contribution in [3.05, 3.63) is 28.8 Å². The Kier molecular flexibility index (Phi) is 6.49. The molecule has 0 aliphatic rings. The Morgan fingerprint density at radius 1 is 1.38 bits per heavy atom. The van der Waals surface area contributed by atoms with Crippen molar-refractivity contribution >= 4 is 29.2 Å². The van der Waals surface area contributed by atoms with Gasteiger partial charge in [-0.15, -0.1) is 0 Å². The lowest BCUT2D eigenvalue weighted by molar-refractivity contribution is -0.129. The molecule has 1 aromatic rings. The van der Waals surface area contributed by atoms with Gasteiger partial charge in [0.05, 0.1) is 10.6 Å². The first-order chi connectivity index (χ1) is 9.85. The number of halogens is 1. The molecule has 21 heavy (non-hydrogen) atoms. The second kappa shape index (κ2) is 7.88. The van der Waals surface area contributed by atoms with Gasteiger partial charge in [0.1, 0.15) is 0 Å². The number of carbonyl (C=O) groups excluding carboxylic acids is 2. The zero-order valence-corrected chi connectivity index (χ0v) is 13.2. The van der Waals surface area contributed by atoms with Crippen molar-refractivity contribution in [3.63, 3.8) is 0 Å². The molecule has 0 saturated carbocycles. The Bertz CT molecular complexity index is 520. The number of hydrogen-bond acceptors (Lipinski definition) is 4. The van der Waals surface area contributed by atoms with E-state index < -0.39 is 12.1 Å². The second-order valence-electron chi connectivity index (χ2n) is 4.99. The summed E-state index contributed by atoms with van der Waals surface area (Å²) in [6, 6.07) is 4.57. The van der Waals surface area contributed by atoms with Crippen molar-refractivity contribution in [2.24, 2.45) is 0 Å². The number of esters is 1. The van der Waals surface area contributed by atoms with Crippen LogP contribution in [-0.4, -0.2) is 24.0 Å². The molecule has 0 heterocycles. The van der Waals surface area contributed by atoms with Crippen LogP contribution in [0.4, 0.5) is 5.69 Å². The predicted molar refractivity (Wildman–Crippen MR) is 83.3 cm³/mol. The maximum Gasteiger partial charge on any atom is 0.340 e. The van der Waals surface area contributed by atoms with Crippen molar-refractivity contribution in [2.45, 2.75) is 45.8 Å². The molecule has 1 amide bonds. The number of benzene rings is 1. The van der Waals surface area contributed by atoms with Gasteiger partial charge in [-0.2, -0.15) is 0 Å². The summed E-state index contributed by atoms with van der Waals surface area (Å²) in [6.07, 6.45) is 0.941. The van der Waals surface area contributed by atoms with Crippen LogP contribution < -0.4 is 11.1 Å². The molecule has 2 unspecified atom stereocenters. The zero-order valence-electron chi connectivity index (χ0n) is 12.5. The SMILES string of the molecule is CCCC(C)NC(=O)C(C)OC(=O)c1cc(N)ccc1Cl. The molecule has 0 spiro atoms. The molecule has 0 radical (unpaired) electrons. The van der Waals surface area contributed by atoms with Crippen LogP contribution in [0.5, 0.6) is 0 Å². The van der Waals surface area contributed by atoms with Gasteiger partial charge < -0.3 is 15.8 Å². The molecular weight excluding hydrogens is 292 g/mol. The van der Waals surface area contributed by atoms with Gasteiger partial charge >= 0.3 is 5.97 Å². The lowest BCUT2D eigenvalue weighted by Crippen LogP contribution is -2.40. The van der Waals surface area contributed by atoms with Crippen molar-refractivity contribution in [3.8, 4) is 0 Å². The van der Waals surface area contributed by atoms with Crippen LogP contribution in [0.15, 0.2) is 18.2 Å². The van der Waals surface area contributed by atoms with Gasteiger partial charge in [0.2, 0.25) is 0 Å². The normalized spacial score (nSPS) is 13.3. The smallest absolute Gasteiger partial charge is 0.340 e. The molecule has 1 aromatic carbocycles. The molecule has 0 aliphatic carbocycles. The van der Waals surface area contributed by atoms with Crippen LogP contribution in [0.25, 0.3) is 0 Å². The Morgan fingerprint density at radius 3 is 2.67 bits per heavy atom. The standard InChI is InChI=1S/C15H21ClN2O3/c1-4-5-9(2)18-14(19)10(3)21-15(20)12-8-11(17)6-7-13(12)16/h6-10H,4-5,17H2,1-3H3,(H,18,19). The lowest BCUT2D eigenvalue weighted by atomic mass is 10.2. The molecule has 5 nitrogen and oxygen atoms in total. The Hall–Kier alpha value is -1.75. The van der Waals surface area contributed by atoms with Crippen LogP contribution in [0, 0.1) is 0 Å². The molecule has 0 saturated heterocycles. The van der Waals surface area contributed by atoms with Crippen LogP contribution in [0.2, 0.25) is 5.02 Å². The van der Waals surface area contributed by atoms with Gasteiger partial charge in [-0.05, 0) is 38.5 Å². The van der Waals surface area contributed by atoms with Crippen molar-refractivity contribution in [1.82, 2.24) is 5.32 Å². The maximum absolute atomic E-state index is 12.0. The number of nitrogens with two attached hydrogens (primary N) is 1. The van der Waals surface area contributed by atoms with Crippen molar-refractivity contribution in [2.75, 3.05) is 5.73 Å². The summed E-state index contributed by atoms with van der Waals surface area (Å²) in [6.45, 7) is 5.46. The number of nitrogens with one attached hydrogen (secondary N) is 1. The van der Waals surface area contributed by atoms with E-state index in [2.05, 4.69) is 5.32 Å². The van der Waals surface area contributed by atoms with E-state index in [0.29, 0.717) is 5.69 Å². The van der Waals surface area contributed by atoms with Crippen LogP contribution >= 0.6 is 11.6 Å². The average Bonchev–Trinajstić information content (AvgIpc) is 2.41. The van der Waals surface area contributed by atoms with Crippen molar-refractivity contribution < 1.29 is 14.3 Å². The second-order valence-corrected chi connectivity index (χ2v) is 5.39. The average molecular weight is 313 g/mol. The number of nitrogen functional groups attached to an aromatic ring is 1. The monoisotopic (exact) mass is 312 g/mol. The summed E-state index contributed by atoms with van der Waals surface area (Å²) >= 11 is 5.92. The van der Waals surface area contributed by atoms with Gasteiger partial charge in [-0.3, -0.25) is 4.79 Å². The van der Waals surface area contributed by atoms with E-state index in [-0.39, 0.29) is 22.5 Å². The first-order valence-corrected chi connectivity index (χ1v) is 7.29. The van der Waals surface area contributed by atoms with E-state index in [1.54, 1.807) is 6.07 Å². The van der Waals surface area contributed by atoms with Gasteiger partial charge in [0, 0.05) is 11.7 Å². The summed E-state index contributed by atoms with van der Waals surface area (Å²) in [4.78, 5) is 23.9. The first-order valence-electron chi connectivity index (χ1n) is 6.91. The highest BCUT2D eigenvalue weighted by Gasteiger charge is 2.21. The molecule has 1 rings (SSSR count). The number of ether oxygens (including phenoxy) is 1. The summed E-state index contributed by atoms with van der Waals surface area (Å²) < 4.78 is 5.12. The van der Waals surface area contributed by atoms with Crippen molar-refractivity contribution in [1.29, 1.82) is 0 Å². The van der Waals surface area contributed by atoms with Gasteiger partial charge in [0.15, 0.2) is 6.10 Å². The summed E-state index contributed by atoms with van der Waals surface area (Å²) in [5, 5.41) is 3.03. The third-order valence-electron chi connectivity index (χ3n) is 2.97. The number of rotatable bonds is 6. The van der Waals surface area contributed by atoms with E-state index in [1.807, 2.05) is 13.8 Å². The Labute approximate surface area is 129 Å². The van der Waals surface area contributed by atoms with Gasteiger partial charge in [-0.1, -0.05) is 24.9 Å². The van der Waals surface area contributed by atoms with Gasteiger partial charge in [0.25, 0.3) is 5.91 Å². The summed E-state index contributed by atoms with van der Waals surface area (Å²) in [5.41, 5.74) is 6.16. The number of anilines is 1.